The van der Waals surface area contributed by atoms with Crippen LogP contribution in [0.1, 0.15) is 23.2 Å². The molecule has 2 aromatic rings. The number of carbonyl (C=O) groups is 1. The molecule has 5 nitrogen and oxygen atoms in total. The first-order valence-electron chi connectivity index (χ1n) is 5.74. The van der Waals surface area contributed by atoms with Crippen LogP contribution >= 0.6 is 0 Å². The maximum absolute atomic E-state index is 12.0. The van der Waals surface area contributed by atoms with E-state index < -0.39 is 0 Å². The standard InChI is InChI=1S/C13H15N3O2/c1-10(8-11-9-14-5-6-15-11)16(2)13(17)12-4-3-7-18-12/h3-7,9-10H,8H2,1-2H3/t10-/m0/s1. The van der Waals surface area contributed by atoms with Crippen LogP contribution < -0.4 is 0 Å². The highest BCUT2D eigenvalue weighted by Crippen LogP contribution is 2.10. The molecule has 0 N–H and O–H groups in total. The van der Waals surface area contributed by atoms with Crippen molar-refractivity contribution in [3.63, 3.8) is 0 Å². The molecule has 0 aliphatic heterocycles. The first-order chi connectivity index (χ1) is 8.68. The normalized spacial score (nSPS) is 12.1. The molecule has 5 heteroatoms. The van der Waals surface area contributed by atoms with Crippen molar-refractivity contribution in [2.24, 2.45) is 0 Å². The summed E-state index contributed by atoms with van der Waals surface area (Å²) in [5.41, 5.74) is 0.865. The molecule has 0 spiro atoms. The van der Waals surface area contributed by atoms with E-state index in [4.69, 9.17) is 4.42 Å². The summed E-state index contributed by atoms with van der Waals surface area (Å²) < 4.78 is 5.10. The lowest BCUT2D eigenvalue weighted by molar-refractivity contribution is 0.0710. The van der Waals surface area contributed by atoms with E-state index in [2.05, 4.69) is 9.97 Å². The highest BCUT2D eigenvalue weighted by molar-refractivity contribution is 5.91. The number of carbonyl (C=O) groups excluding carboxylic acids is 1. The number of nitrogens with zero attached hydrogens (tertiary/aromatic N) is 3. The molecule has 0 fully saturated rings. The zero-order chi connectivity index (χ0) is 13.0. The molecule has 1 atom stereocenters. The minimum absolute atomic E-state index is 0.0271. The van der Waals surface area contributed by atoms with Crippen molar-refractivity contribution in [2.75, 3.05) is 7.05 Å². The highest BCUT2D eigenvalue weighted by atomic mass is 16.3. The molecule has 1 amide bonds. The zero-order valence-corrected chi connectivity index (χ0v) is 10.4. The Labute approximate surface area is 105 Å². The molecule has 2 rings (SSSR count). The van der Waals surface area contributed by atoms with E-state index in [1.165, 1.54) is 6.26 Å². The van der Waals surface area contributed by atoms with Crippen molar-refractivity contribution in [3.8, 4) is 0 Å². The summed E-state index contributed by atoms with van der Waals surface area (Å²) in [6, 6.07) is 3.39. The largest absolute Gasteiger partial charge is 0.459 e. The van der Waals surface area contributed by atoms with Crippen LogP contribution in [0.25, 0.3) is 0 Å². The minimum atomic E-state index is -0.128. The Morgan fingerprint density at radius 3 is 2.94 bits per heavy atom. The number of furan rings is 1. The van der Waals surface area contributed by atoms with Crippen molar-refractivity contribution in [3.05, 3.63) is 48.4 Å². The van der Waals surface area contributed by atoms with E-state index in [0.717, 1.165) is 5.69 Å². The number of rotatable bonds is 4. The molecule has 94 valence electrons. The third kappa shape index (κ3) is 2.74. The third-order valence-corrected chi connectivity index (χ3v) is 2.83. The first-order valence-corrected chi connectivity index (χ1v) is 5.74. The van der Waals surface area contributed by atoms with Gasteiger partial charge in [-0.3, -0.25) is 14.8 Å². The van der Waals surface area contributed by atoms with Crippen LogP contribution in [0.3, 0.4) is 0 Å². The van der Waals surface area contributed by atoms with Crippen LogP contribution in [-0.2, 0) is 6.42 Å². The van der Waals surface area contributed by atoms with Crippen molar-refractivity contribution in [2.45, 2.75) is 19.4 Å². The van der Waals surface area contributed by atoms with Crippen molar-refractivity contribution in [1.82, 2.24) is 14.9 Å². The van der Waals surface area contributed by atoms with Crippen LogP contribution in [0.5, 0.6) is 0 Å². The molecule has 0 saturated heterocycles. The Morgan fingerprint density at radius 1 is 1.50 bits per heavy atom. The van der Waals surface area contributed by atoms with Crippen LogP contribution in [0, 0.1) is 0 Å². The Morgan fingerprint density at radius 2 is 2.33 bits per heavy atom. The Hall–Kier alpha value is -2.17. The van der Waals surface area contributed by atoms with Gasteiger partial charge in [-0.25, -0.2) is 0 Å². The van der Waals surface area contributed by atoms with Gasteiger partial charge in [-0.2, -0.15) is 0 Å². The molecule has 0 bridgehead atoms. The smallest absolute Gasteiger partial charge is 0.289 e. The van der Waals surface area contributed by atoms with Crippen LogP contribution in [0.4, 0.5) is 0 Å². The fraction of sp³-hybridized carbons (Fsp3) is 0.308. The van der Waals surface area contributed by atoms with Crippen molar-refractivity contribution < 1.29 is 9.21 Å². The second-order valence-electron chi connectivity index (χ2n) is 4.14. The molecular weight excluding hydrogens is 230 g/mol. The summed E-state index contributed by atoms with van der Waals surface area (Å²) in [5, 5.41) is 0. The van der Waals surface area contributed by atoms with E-state index in [9.17, 15) is 4.79 Å². The van der Waals surface area contributed by atoms with Crippen LogP contribution in [0.2, 0.25) is 0 Å². The van der Waals surface area contributed by atoms with Gasteiger partial charge in [-0.15, -0.1) is 0 Å². The van der Waals surface area contributed by atoms with E-state index in [1.54, 1.807) is 42.7 Å². The van der Waals surface area contributed by atoms with Gasteiger partial charge in [-0.1, -0.05) is 0 Å². The quantitative estimate of drug-likeness (QED) is 0.823. The van der Waals surface area contributed by atoms with Gasteiger partial charge < -0.3 is 9.32 Å². The van der Waals surface area contributed by atoms with Crippen molar-refractivity contribution in [1.29, 1.82) is 0 Å². The number of hydrogen-bond acceptors (Lipinski definition) is 4. The van der Waals surface area contributed by atoms with Gasteiger partial charge in [0.15, 0.2) is 5.76 Å². The highest BCUT2D eigenvalue weighted by Gasteiger charge is 2.20. The van der Waals surface area contributed by atoms with E-state index in [1.807, 2.05) is 6.92 Å². The Kier molecular flexibility index (Phi) is 3.72. The van der Waals surface area contributed by atoms with Gasteiger partial charge in [-0.05, 0) is 19.1 Å². The summed E-state index contributed by atoms with van der Waals surface area (Å²) in [6.45, 7) is 1.97. The Balaban J connectivity index is 2.01. The molecule has 0 aromatic carbocycles. The monoisotopic (exact) mass is 245 g/mol. The van der Waals surface area contributed by atoms with Gasteiger partial charge in [0.05, 0.1) is 12.0 Å². The molecule has 0 aliphatic carbocycles. The summed E-state index contributed by atoms with van der Waals surface area (Å²) in [7, 11) is 1.76. The third-order valence-electron chi connectivity index (χ3n) is 2.83. The predicted octanol–water partition coefficient (Wildman–Crippen LogP) is 1.77. The van der Waals surface area contributed by atoms with E-state index in [-0.39, 0.29) is 11.9 Å². The van der Waals surface area contributed by atoms with Gasteiger partial charge >= 0.3 is 0 Å². The molecule has 0 radical (unpaired) electrons. The van der Waals surface area contributed by atoms with Crippen LogP contribution in [0.15, 0.2) is 41.4 Å². The number of amides is 1. The lowest BCUT2D eigenvalue weighted by Gasteiger charge is -2.23. The van der Waals surface area contributed by atoms with Gasteiger partial charge in [0.1, 0.15) is 0 Å². The average Bonchev–Trinajstić information content (AvgIpc) is 2.92. The fourth-order valence-electron chi connectivity index (χ4n) is 1.65. The molecule has 2 aromatic heterocycles. The predicted molar refractivity (Wildman–Crippen MR) is 66.0 cm³/mol. The summed E-state index contributed by atoms with van der Waals surface area (Å²) in [4.78, 5) is 21.9. The maximum atomic E-state index is 12.0. The summed E-state index contributed by atoms with van der Waals surface area (Å²) in [5.74, 6) is 0.222. The summed E-state index contributed by atoms with van der Waals surface area (Å²) in [6.07, 6.45) is 7.15. The number of hydrogen-bond donors (Lipinski definition) is 0. The topological polar surface area (TPSA) is 59.2 Å². The molecular formula is C13H15N3O2. The minimum Gasteiger partial charge on any atom is -0.459 e. The second kappa shape index (κ2) is 5.44. The van der Waals surface area contributed by atoms with Crippen molar-refractivity contribution >= 4 is 5.91 Å². The number of aromatic nitrogens is 2. The summed E-state index contributed by atoms with van der Waals surface area (Å²) >= 11 is 0. The van der Waals surface area contributed by atoms with Crippen LogP contribution in [-0.4, -0.2) is 33.9 Å². The molecule has 0 aliphatic rings. The zero-order valence-electron chi connectivity index (χ0n) is 10.4. The molecule has 0 unspecified atom stereocenters. The Bertz CT molecular complexity index is 496. The first kappa shape index (κ1) is 12.3. The van der Waals surface area contributed by atoms with E-state index in [0.29, 0.717) is 12.2 Å². The molecule has 0 saturated carbocycles. The van der Waals surface area contributed by atoms with Gasteiger partial charge in [0.25, 0.3) is 5.91 Å². The van der Waals surface area contributed by atoms with Gasteiger partial charge in [0, 0.05) is 38.1 Å². The SMILES string of the molecule is C[C@@H](Cc1cnccn1)N(C)C(=O)c1ccco1. The van der Waals surface area contributed by atoms with E-state index >= 15 is 0 Å². The second-order valence-corrected chi connectivity index (χ2v) is 4.14. The lowest BCUT2D eigenvalue weighted by Crippen LogP contribution is -2.36. The van der Waals surface area contributed by atoms with Gasteiger partial charge in [0.2, 0.25) is 0 Å². The number of likely N-dealkylation sites (N-methyl/N-ethyl adjacent to an activating group) is 1. The fourth-order valence-corrected chi connectivity index (χ4v) is 1.65. The lowest BCUT2D eigenvalue weighted by atomic mass is 10.1. The molecule has 18 heavy (non-hydrogen) atoms. The maximum Gasteiger partial charge on any atom is 0.289 e. The average molecular weight is 245 g/mol. The molecule has 2 heterocycles.